The average Bonchev–Trinajstić information content (AvgIpc) is 2.71. The van der Waals surface area contributed by atoms with Crippen molar-refractivity contribution in [2.24, 2.45) is 0 Å². The van der Waals surface area contributed by atoms with Crippen molar-refractivity contribution in [3.63, 3.8) is 0 Å². The van der Waals surface area contributed by atoms with Crippen LogP contribution < -0.4 is 5.32 Å². The number of halogens is 2. The highest BCUT2D eigenvalue weighted by Crippen LogP contribution is 2.19. The molecule has 0 saturated heterocycles. The van der Waals surface area contributed by atoms with Gasteiger partial charge in [-0.1, -0.05) is 39.7 Å². The molecule has 2 rings (SSSR count). The Morgan fingerprint density at radius 3 is 2.37 bits per heavy atom. The van der Waals surface area contributed by atoms with Gasteiger partial charge in [-0.15, -0.1) is 0 Å². The molecule has 2 amide bonds. The van der Waals surface area contributed by atoms with Crippen LogP contribution >= 0.6 is 27.5 Å². The Balaban J connectivity index is 2.26. The lowest BCUT2D eigenvalue weighted by Crippen LogP contribution is -2.50. The van der Waals surface area contributed by atoms with Crippen LogP contribution in [0.25, 0.3) is 0 Å². The summed E-state index contributed by atoms with van der Waals surface area (Å²) in [5, 5.41) is 2.94. The normalized spacial score (nSPS) is 12.5. The highest BCUT2D eigenvalue weighted by atomic mass is 79.9. The molecule has 0 aliphatic carbocycles. The van der Waals surface area contributed by atoms with E-state index in [2.05, 4.69) is 21.2 Å². The molecule has 0 aliphatic rings. The number of carbonyl (C=O) groups excluding carboxylic acids is 2. The van der Waals surface area contributed by atoms with Crippen molar-refractivity contribution in [2.45, 2.75) is 24.4 Å². The van der Waals surface area contributed by atoms with E-state index in [0.29, 0.717) is 5.02 Å². The molecule has 0 unspecified atom stereocenters. The van der Waals surface area contributed by atoms with Crippen LogP contribution in [-0.4, -0.2) is 56.1 Å². The third-order valence-corrected chi connectivity index (χ3v) is 7.10. The standard InChI is InChI=1S/C20H23BrClN3O4S/c1-14(20(27)23-2)25(12-15-5-4-6-16(21)11-15)19(26)13-24(3)30(28,29)18-9-7-17(22)8-10-18/h4-11,14H,12-13H2,1-3H3,(H,23,27)/t14-/m0/s1. The quantitative estimate of drug-likeness (QED) is 0.584. The molecule has 162 valence electrons. The molecule has 1 atom stereocenters. The van der Waals surface area contributed by atoms with Crippen LogP contribution in [0.4, 0.5) is 0 Å². The lowest BCUT2D eigenvalue weighted by atomic mass is 10.1. The second-order valence-electron chi connectivity index (χ2n) is 6.66. The summed E-state index contributed by atoms with van der Waals surface area (Å²) in [5.41, 5.74) is 0.802. The zero-order valence-corrected chi connectivity index (χ0v) is 20.0. The third-order valence-electron chi connectivity index (χ3n) is 4.54. The maximum absolute atomic E-state index is 13.0. The minimum Gasteiger partial charge on any atom is -0.357 e. The van der Waals surface area contributed by atoms with Gasteiger partial charge in [0.2, 0.25) is 21.8 Å². The van der Waals surface area contributed by atoms with E-state index in [1.54, 1.807) is 6.92 Å². The minimum absolute atomic E-state index is 0.0279. The lowest BCUT2D eigenvalue weighted by molar-refractivity contribution is -0.140. The highest BCUT2D eigenvalue weighted by molar-refractivity contribution is 9.10. The van der Waals surface area contributed by atoms with Crippen LogP contribution in [-0.2, 0) is 26.2 Å². The van der Waals surface area contributed by atoms with Gasteiger partial charge in [-0.05, 0) is 48.9 Å². The fourth-order valence-electron chi connectivity index (χ4n) is 2.78. The van der Waals surface area contributed by atoms with Gasteiger partial charge in [0, 0.05) is 30.1 Å². The van der Waals surface area contributed by atoms with Crippen LogP contribution in [0.2, 0.25) is 5.02 Å². The van der Waals surface area contributed by atoms with Crippen molar-refractivity contribution in [1.82, 2.24) is 14.5 Å². The fourth-order valence-corrected chi connectivity index (χ4v) is 4.47. The topological polar surface area (TPSA) is 86.8 Å². The maximum atomic E-state index is 13.0. The smallest absolute Gasteiger partial charge is 0.243 e. The Kier molecular flexibility index (Phi) is 8.42. The zero-order valence-electron chi connectivity index (χ0n) is 16.8. The van der Waals surface area contributed by atoms with Gasteiger partial charge >= 0.3 is 0 Å². The van der Waals surface area contributed by atoms with Crippen molar-refractivity contribution in [3.05, 3.63) is 63.6 Å². The van der Waals surface area contributed by atoms with Crippen LogP contribution in [0.5, 0.6) is 0 Å². The van der Waals surface area contributed by atoms with Crippen LogP contribution in [0.15, 0.2) is 57.9 Å². The monoisotopic (exact) mass is 515 g/mol. The third kappa shape index (κ3) is 6.04. The van der Waals surface area contributed by atoms with E-state index in [9.17, 15) is 18.0 Å². The number of hydrogen-bond donors (Lipinski definition) is 1. The number of hydrogen-bond acceptors (Lipinski definition) is 4. The molecule has 0 aliphatic heterocycles. The summed E-state index contributed by atoms with van der Waals surface area (Å²) in [6, 6.07) is 12.3. The SMILES string of the molecule is CNC(=O)[C@H](C)N(Cc1cccc(Br)c1)C(=O)CN(C)S(=O)(=O)c1ccc(Cl)cc1. The van der Waals surface area contributed by atoms with Crippen molar-refractivity contribution in [1.29, 1.82) is 0 Å². The van der Waals surface area contributed by atoms with Gasteiger partial charge < -0.3 is 10.2 Å². The number of rotatable bonds is 8. The van der Waals surface area contributed by atoms with E-state index in [4.69, 9.17) is 11.6 Å². The number of sulfonamides is 1. The first-order valence-corrected chi connectivity index (χ1v) is 11.6. The fraction of sp³-hybridized carbons (Fsp3) is 0.300. The Hall–Kier alpha value is -1.94. The Labute approximate surface area is 190 Å². The molecule has 0 bridgehead atoms. The number of nitrogens with zero attached hydrogens (tertiary/aromatic N) is 2. The first kappa shape index (κ1) is 24.3. The number of carbonyl (C=O) groups is 2. The van der Waals surface area contributed by atoms with E-state index >= 15 is 0 Å². The van der Waals surface area contributed by atoms with Gasteiger partial charge in [-0.2, -0.15) is 4.31 Å². The van der Waals surface area contributed by atoms with Gasteiger partial charge in [0.15, 0.2) is 0 Å². The molecular formula is C20H23BrClN3O4S. The van der Waals surface area contributed by atoms with E-state index < -0.39 is 28.5 Å². The molecule has 30 heavy (non-hydrogen) atoms. The maximum Gasteiger partial charge on any atom is 0.243 e. The molecule has 7 nitrogen and oxygen atoms in total. The first-order chi connectivity index (χ1) is 14.1. The van der Waals surface area contributed by atoms with Crippen LogP contribution in [0.1, 0.15) is 12.5 Å². The number of benzene rings is 2. The van der Waals surface area contributed by atoms with Crippen LogP contribution in [0.3, 0.4) is 0 Å². The summed E-state index contributed by atoms with van der Waals surface area (Å²) in [6.45, 7) is 1.34. The van der Waals surface area contributed by atoms with Crippen molar-refractivity contribution in [2.75, 3.05) is 20.6 Å². The Morgan fingerprint density at radius 1 is 1.17 bits per heavy atom. The van der Waals surface area contributed by atoms with Crippen molar-refractivity contribution >= 4 is 49.4 Å². The van der Waals surface area contributed by atoms with Crippen molar-refractivity contribution < 1.29 is 18.0 Å². The zero-order chi connectivity index (χ0) is 22.5. The molecule has 0 heterocycles. The number of likely N-dealkylation sites (N-methyl/N-ethyl adjacent to an activating group) is 2. The van der Waals surface area contributed by atoms with E-state index in [1.165, 1.54) is 43.3 Å². The predicted octanol–water partition coefficient (Wildman–Crippen LogP) is 2.89. The molecule has 0 fully saturated rings. The first-order valence-electron chi connectivity index (χ1n) is 9.03. The second-order valence-corrected chi connectivity index (χ2v) is 10.1. The number of amides is 2. The predicted molar refractivity (Wildman–Crippen MR) is 119 cm³/mol. The van der Waals surface area contributed by atoms with E-state index in [1.807, 2.05) is 24.3 Å². The second kappa shape index (κ2) is 10.4. The average molecular weight is 517 g/mol. The summed E-state index contributed by atoms with van der Waals surface area (Å²) in [5.74, 6) is -0.840. The summed E-state index contributed by atoms with van der Waals surface area (Å²) in [7, 11) is -1.09. The molecule has 10 heteroatoms. The Bertz CT molecular complexity index is 1010. The van der Waals surface area contributed by atoms with E-state index in [0.717, 1.165) is 14.3 Å². The van der Waals surface area contributed by atoms with Crippen molar-refractivity contribution in [3.8, 4) is 0 Å². The summed E-state index contributed by atoms with van der Waals surface area (Å²) in [6.07, 6.45) is 0. The molecule has 2 aromatic carbocycles. The molecule has 1 N–H and O–H groups in total. The summed E-state index contributed by atoms with van der Waals surface area (Å²) < 4.78 is 27.4. The largest absolute Gasteiger partial charge is 0.357 e. The van der Waals surface area contributed by atoms with Gasteiger partial charge in [0.1, 0.15) is 6.04 Å². The Morgan fingerprint density at radius 2 is 1.80 bits per heavy atom. The molecule has 0 spiro atoms. The van der Waals surface area contributed by atoms with Gasteiger partial charge in [0.05, 0.1) is 11.4 Å². The summed E-state index contributed by atoms with van der Waals surface area (Å²) in [4.78, 5) is 26.6. The molecule has 0 radical (unpaired) electrons. The molecule has 2 aromatic rings. The lowest BCUT2D eigenvalue weighted by Gasteiger charge is -2.30. The van der Waals surface area contributed by atoms with E-state index in [-0.39, 0.29) is 17.3 Å². The molecule has 0 saturated carbocycles. The number of nitrogens with one attached hydrogen (secondary N) is 1. The van der Waals surface area contributed by atoms with Crippen LogP contribution in [0, 0.1) is 0 Å². The summed E-state index contributed by atoms with van der Waals surface area (Å²) >= 11 is 9.21. The molecule has 0 aromatic heterocycles. The van der Waals surface area contributed by atoms with Gasteiger partial charge in [-0.25, -0.2) is 8.42 Å². The molecular weight excluding hydrogens is 494 g/mol. The highest BCUT2D eigenvalue weighted by Gasteiger charge is 2.29. The minimum atomic E-state index is -3.90. The van der Waals surface area contributed by atoms with Gasteiger partial charge in [-0.3, -0.25) is 9.59 Å². The van der Waals surface area contributed by atoms with Gasteiger partial charge in [0.25, 0.3) is 0 Å².